The molecular formula is C31H37ClO3. The summed E-state index contributed by atoms with van der Waals surface area (Å²) in [7, 11) is 1.68. The molecule has 4 bridgehead atoms. The van der Waals surface area contributed by atoms with E-state index in [0.717, 1.165) is 75.8 Å². The molecule has 0 radical (unpaired) electrons. The number of halogens is 1. The maximum absolute atomic E-state index is 13.4. The van der Waals surface area contributed by atoms with Gasteiger partial charge >= 0.3 is 0 Å². The maximum atomic E-state index is 13.4. The normalized spacial score (nSPS) is 27.1. The summed E-state index contributed by atoms with van der Waals surface area (Å²) in [6.07, 6.45) is 11.2. The van der Waals surface area contributed by atoms with Crippen LogP contribution in [0, 0.1) is 30.1 Å². The van der Waals surface area contributed by atoms with Gasteiger partial charge < -0.3 is 9.47 Å². The standard InChI is InChI=1S/C31H37ClO3/c1-19(2)26-14-27(32)20(3)9-29(26)35-18-25-13-21(5-7-28(25)34-4)6-8-30(33)31-15-22-10-23(16-31)12-24(11-22)17-31/h5-9,13-14,19,22-24H,10-12,15-18H2,1-4H3/b8-6+. The van der Waals surface area contributed by atoms with Crippen molar-refractivity contribution in [3.8, 4) is 11.5 Å². The molecule has 3 nitrogen and oxygen atoms in total. The first kappa shape index (κ1) is 24.4. The zero-order chi connectivity index (χ0) is 24.7. The SMILES string of the molecule is COc1ccc(/C=C/C(=O)C23CC4CC(CC(C4)C2)C3)cc1COc1cc(C)c(Cl)cc1C(C)C. The highest BCUT2D eigenvalue weighted by Gasteiger charge is 2.53. The fraction of sp³-hybridized carbons (Fsp3) is 0.516. The minimum absolute atomic E-state index is 0.0939. The fourth-order valence-corrected chi connectivity index (χ4v) is 7.35. The lowest BCUT2D eigenvalue weighted by atomic mass is 9.48. The summed E-state index contributed by atoms with van der Waals surface area (Å²) < 4.78 is 11.9. The summed E-state index contributed by atoms with van der Waals surface area (Å²) in [5.41, 5.74) is 3.95. The summed E-state index contributed by atoms with van der Waals surface area (Å²) in [6.45, 7) is 6.65. The third-order valence-electron chi connectivity index (χ3n) is 8.59. The van der Waals surface area contributed by atoms with E-state index in [1.54, 1.807) is 7.11 Å². The van der Waals surface area contributed by atoms with Crippen molar-refractivity contribution in [1.82, 2.24) is 0 Å². The van der Waals surface area contributed by atoms with Gasteiger partial charge in [0.15, 0.2) is 5.78 Å². The molecule has 0 atom stereocenters. The molecular weight excluding hydrogens is 456 g/mol. The van der Waals surface area contributed by atoms with Crippen LogP contribution in [0.15, 0.2) is 36.4 Å². The number of benzene rings is 2. The van der Waals surface area contributed by atoms with Crippen LogP contribution in [0.3, 0.4) is 0 Å². The number of ketones is 1. The molecule has 0 heterocycles. The van der Waals surface area contributed by atoms with Crippen molar-refractivity contribution in [2.24, 2.45) is 23.2 Å². The molecule has 0 saturated heterocycles. The van der Waals surface area contributed by atoms with E-state index < -0.39 is 0 Å². The Morgan fingerprint density at radius 2 is 1.71 bits per heavy atom. The number of hydrogen-bond acceptors (Lipinski definition) is 3. The second kappa shape index (κ2) is 9.65. The van der Waals surface area contributed by atoms with Crippen molar-refractivity contribution in [2.45, 2.75) is 71.8 Å². The van der Waals surface area contributed by atoms with E-state index in [4.69, 9.17) is 21.1 Å². The number of ether oxygens (including phenoxy) is 2. The monoisotopic (exact) mass is 492 g/mol. The van der Waals surface area contributed by atoms with Gasteiger partial charge in [-0.25, -0.2) is 0 Å². The molecule has 0 aromatic heterocycles. The predicted octanol–water partition coefficient (Wildman–Crippen LogP) is 8.16. The molecule has 2 aromatic rings. The molecule has 0 N–H and O–H groups in total. The fourth-order valence-electron chi connectivity index (χ4n) is 7.18. The van der Waals surface area contributed by atoms with Crippen LogP contribution in [0.2, 0.25) is 5.02 Å². The van der Waals surface area contributed by atoms with E-state index in [2.05, 4.69) is 19.9 Å². The van der Waals surface area contributed by atoms with Gasteiger partial charge in [-0.05, 0) is 116 Å². The Morgan fingerprint density at radius 1 is 1.06 bits per heavy atom. The Kier molecular flexibility index (Phi) is 6.74. The van der Waals surface area contributed by atoms with Gasteiger partial charge in [0.1, 0.15) is 18.1 Å². The van der Waals surface area contributed by atoms with E-state index in [-0.39, 0.29) is 5.41 Å². The molecule has 186 valence electrons. The van der Waals surface area contributed by atoms with E-state index in [1.807, 2.05) is 43.3 Å². The van der Waals surface area contributed by atoms with Crippen molar-refractivity contribution in [1.29, 1.82) is 0 Å². The highest BCUT2D eigenvalue weighted by Crippen LogP contribution is 2.60. The van der Waals surface area contributed by atoms with Gasteiger partial charge in [0.2, 0.25) is 0 Å². The van der Waals surface area contributed by atoms with Crippen molar-refractivity contribution >= 4 is 23.5 Å². The van der Waals surface area contributed by atoms with Gasteiger partial charge in [0.25, 0.3) is 0 Å². The maximum Gasteiger partial charge on any atom is 0.161 e. The molecule has 2 aromatic carbocycles. The lowest BCUT2D eigenvalue weighted by molar-refractivity contribution is -0.138. The minimum atomic E-state index is -0.0939. The van der Waals surface area contributed by atoms with Crippen molar-refractivity contribution in [3.63, 3.8) is 0 Å². The lowest BCUT2D eigenvalue weighted by Gasteiger charge is -2.55. The highest BCUT2D eigenvalue weighted by atomic mass is 35.5. The summed E-state index contributed by atoms with van der Waals surface area (Å²) >= 11 is 6.36. The third kappa shape index (κ3) is 4.89. The Morgan fingerprint density at radius 3 is 2.31 bits per heavy atom. The van der Waals surface area contributed by atoms with Crippen molar-refractivity contribution in [2.75, 3.05) is 7.11 Å². The second-order valence-electron chi connectivity index (χ2n) is 11.5. The Balaban J connectivity index is 1.33. The second-order valence-corrected chi connectivity index (χ2v) is 12.0. The lowest BCUT2D eigenvalue weighted by Crippen LogP contribution is -2.49. The molecule has 4 fully saturated rings. The molecule has 4 aliphatic rings. The summed E-state index contributed by atoms with van der Waals surface area (Å²) in [4.78, 5) is 13.4. The smallest absolute Gasteiger partial charge is 0.161 e. The topological polar surface area (TPSA) is 35.5 Å². The third-order valence-corrected chi connectivity index (χ3v) is 9.00. The molecule has 0 amide bonds. The predicted molar refractivity (Wildman–Crippen MR) is 142 cm³/mol. The minimum Gasteiger partial charge on any atom is -0.496 e. The van der Waals surface area contributed by atoms with Crippen LogP contribution in [0.4, 0.5) is 0 Å². The van der Waals surface area contributed by atoms with E-state index >= 15 is 0 Å². The summed E-state index contributed by atoms with van der Waals surface area (Å²) in [6, 6.07) is 10.1. The van der Waals surface area contributed by atoms with Crippen LogP contribution in [0.1, 0.15) is 80.5 Å². The number of carbonyl (C=O) groups is 1. The van der Waals surface area contributed by atoms with Gasteiger partial charge in [-0.15, -0.1) is 0 Å². The number of carbonyl (C=O) groups excluding carboxylic acids is 1. The van der Waals surface area contributed by atoms with Gasteiger partial charge in [0.05, 0.1) is 7.11 Å². The average molecular weight is 493 g/mol. The molecule has 4 heteroatoms. The highest BCUT2D eigenvalue weighted by molar-refractivity contribution is 6.31. The number of hydrogen-bond donors (Lipinski definition) is 0. The number of rotatable bonds is 8. The number of aryl methyl sites for hydroxylation is 1. The van der Waals surface area contributed by atoms with Gasteiger partial charge in [-0.1, -0.05) is 37.6 Å². The van der Waals surface area contributed by atoms with Crippen LogP contribution in [-0.2, 0) is 11.4 Å². The molecule has 6 rings (SSSR count). The zero-order valence-electron chi connectivity index (χ0n) is 21.4. The van der Waals surface area contributed by atoms with Crippen LogP contribution < -0.4 is 9.47 Å². The van der Waals surface area contributed by atoms with Gasteiger partial charge in [-0.2, -0.15) is 0 Å². The molecule has 35 heavy (non-hydrogen) atoms. The van der Waals surface area contributed by atoms with Crippen molar-refractivity contribution in [3.05, 3.63) is 63.7 Å². The molecule has 4 saturated carbocycles. The molecule has 0 unspecified atom stereocenters. The van der Waals surface area contributed by atoms with Crippen LogP contribution in [0.5, 0.6) is 11.5 Å². The van der Waals surface area contributed by atoms with Gasteiger partial charge in [0, 0.05) is 16.0 Å². The molecule has 0 aliphatic heterocycles. The van der Waals surface area contributed by atoms with Crippen LogP contribution >= 0.6 is 11.6 Å². The summed E-state index contributed by atoms with van der Waals surface area (Å²) in [5.74, 6) is 4.59. The average Bonchev–Trinajstić information content (AvgIpc) is 2.82. The number of allylic oxidation sites excluding steroid dienone is 1. The summed E-state index contributed by atoms with van der Waals surface area (Å²) in [5, 5.41) is 0.759. The van der Waals surface area contributed by atoms with Crippen molar-refractivity contribution < 1.29 is 14.3 Å². The quantitative estimate of drug-likeness (QED) is 0.348. The first-order chi connectivity index (χ1) is 16.8. The van der Waals surface area contributed by atoms with Gasteiger partial charge in [-0.3, -0.25) is 4.79 Å². The number of methoxy groups -OCH3 is 1. The van der Waals surface area contributed by atoms with E-state index in [9.17, 15) is 4.79 Å². The van der Waals surface area contributed by atoms with E-state index in [1.165, 1.54) is 19.3 Å². The van der Waals surface area contributed by atoms with Crippen LogP contribution in [0.25, 0.3) is 6.08 Å². The Labute approximate surface area is 214 Å². The van der Waals surface area contributed by atoms with E-state index in [0.29, 0.717) is 18.3 Å². The Hall–Kier alpha value is -2.26. The molecule has 4 aliphatic carbocycles. The first-order valence-electron chi connectivity index (χ1n) is 13.1. The largest absolute Gasteiger partial charge is 0.496 e. The first-order valence-corrected chi connectivity index (χ1v) is 13.5. The molecule has 0 spiro atoms. The zero-order valence-corrected chi connectivity index (χ0v) is 22.2. The van der Waals surface area contributed by atoms with Crippen LogP contribution in [-0.4, -0.2) is 12.9 Å². The Bertz CT molecular complexity index is 1110.